The molecular formula is C12H16N4O2S. The van der Waals surface area contributed by atoms with Gasteiger partial charge in [0.05, 0.1) is 11.9 Å². The number of rotatable bonds is 5. The summed E-state index contributed by atoms with van der Waals surface area (Å²) in [5.41, 5.74) is 7.83. The number of nitrogens with one attached hydrogen (secondary N) is 2. The second-order valence-electron chi connectivity index (χ2n) is 4.25. The van der Waals surface area contributed by atoms with Gasteiger partial charge in [0, 0.05) is 12.2 Å². The summed E-state index contributed by atoms with van der Waals surface area (Å²) in [5.74, 6) is 0. The van der Waals surface area contributed by atoms with E-state index in [-0.39, 0.29) is 4.90 Å². The van der Waals surface area contributed by atoms with Crippen molar-refractivity contribution in [3.63, 3.8) is 0 Å². The van der Waals surface area contributed by atoms with E-state index in [0.29, 0.717) is 24.3 Å². The molecule has 0 saturated carbocycles. The molecule has 0 atom stereocenters. The lowest BCUT2D eigenvalue weighted by atomic mass is 10.1. The first-order valence-electron chi connectivity index (χ1n) is 5.83. The molecule has 19 heavy (non-hydrogen) atoms. The van der Waals surface area contributed by atoms with Gasteiger partial charge in [0.2, 0.25) is 10.0 Å². The van der Waals surface area contributed by atoms with E-state index in [2.05, 4.69) is 14.9 Å². The number of hydrogen-bond acceptors (Lipinski definition) is 4. The van der Waals surface area contributed by atoms with Gasteiger partial charge in [-0.05, 0) is 31.0 Å². The number of anilines is 1. The van der Waals surface area contributed by atoms with Crippen molar-refractivity contribution in [2.45, 2.75) is 18.2 Å². The van der Waals surface area contributed by atoms with Gasteiger partial charge in [0.15, 0.2) is 0 Å². The summed E-state index contributed by atoms with van der Waals surface area (Å²) in [7, 11) is -3.49. The van der Waals surface area contributed by atoms with Gasteiger partial charge in [-0.1, -0.05) is 12.1 Å². The SMILES string of the molecule is Cc1[nH]ncc1S(=O)(=O)NCCc1ccc(N)cc1. The average molecular weight is 280 g/mol. The van der Waals surface area contributed by atoms with Crippen molar-refractivity contribution in [3.05, 3.63) is 41.7 Å². The van der Waals surface area contributed by atoms with Crippen molar-refractivity contribution < 1.29 is 8.42 Å². The molecule has 0 radical (unpaired) electrons. The normalized spacial score (nSPS) is 11.6. The molecule has 0 aliphatic heterocycles. The van der Waals surface area contributed by atoms with Crippen molar-refractivity contribution in [2.24, 2.45) is 0 Å². The maximum absolute atomic E-state index is 12.0. The van der Waals surface area contributed by atoms with E-state index in [1.165, 1.54) is 6.20 Å². The second-order valence-corrected chi connectivity index (χ2v) is 5.98. The molecule has 2 rings (SSSR count). The number of nitrogens with zero attached hydrogens (tertiary/aromatic N) is 1. The third-order valence-corrected chi connectivity index (χ3v) is 4.33. The lowest BCUT2D eigenvalue weighted by Gasteiger charge is -2.06. The molecule has 0 amide bonds. The molecule has 0 fully saturated rings. The van der Waals surface area contributed by atoms with Gasteiger partial charge >= 0.3 is 0 Å². The van der Waals surface area contributed by atoms with Gasteiger partial charge < -0.3 is 5.73 Å². The molecule has 4 N–H and O–H groups in total. The van der Waals surface area contributed by atoms with Crippen molar-refractivity contribution in [2.75, 3.05) is 12.3 Å². The topological polar surface area (TPSA) is 101 Å². The van der Waals surface area contributed by atoms with Gasteiger partial charge in [0.25, 0.3) is 0 Å². The zero-order chi connectivity index (χ0) is 13.9. The Morgan fingerprint density at radius 2 is 2.00 bits per heavy atom. The van der Waals surface area contributed by atoms with Gasteiger partial charge in [-0.15, -0.1) is 0 Å². The first kappa shape index (κ1) is 13.6. The highest BCUT2D eigenvalue weighted by molar-refractivity contribution is 7.89. The Morgan fingerprint density at radius 1 is 1.32 bits per heavy atom. The van der Waals surface area contributed by atoms with E-state index in [9.17, 15) is 8.42 Å². The number of hydrogen-bond donors (Lipinski definition) is 3. The number of nitrogens with two attached hydrogens (primary N) is 1. The van der Waals surface area contributed by atoms with Crippen LogP contribution in [0, 0.1) is 6.92 Å². The van der Waals surface area contributed by atoms with E-state index in [0.717, 1.165) is 5.56 Å². The molecular weight excluding hydrogens is 264 g/mol. The number of benzene rings is 1. The number of H-pyrrole nitrogens is 1. The molecule has 0 spiro atoms. The number of nitrogen functional groups attached to an aromatic ring is 1. The Kier molecular flexibility index (Phi) is 3.87. The van der Waals surface area contributed by atoms with Crippen molar-refractivity contribution in [1.82, 2.24) is 14.9 Å². The van der Waals surface area contributed by atoms with Gasteiger partial charge in [-0.3, -0.25) is 5.10 Å². The Bertz CT molecular complexity index is 647. The quantitative estimate of drug-likeness (QED) is 0.706. The average Bonchev–Trinajstić information content (AvgIpc) is 2.79. The van der Waals surface area contributed by atoms with Crippen LogP contribution in [0.1, 0.15) is 11.3 Å². The highest BCUT2D eigenvalue weighted by atomic mass is 32.2. The molecule has 0 bridgehead atoms. The molecule has 0 aliphatic carbocycles. The van der Waals surface area contributed by atoms with Crippen LogP contribution in [-0.2, 0) is 16.4 Å². The van der Waals surface area contributed by atoms with Crippen LogP contribution in [0.15, 0.2) is 35.4 Å². The van der Waals surface area contributed by atoms with Gasteiger partial charge in [-0.25, -0.2) is 13.1 Å². The maximum atomic E-state index is 12.0. The summed E-state index contributed by atoms with van der Waals surface area (Å²) in [4.78, 5) is 0.185. The fourth-order valence-electron chi connectivity index (χ4n) is 1.70. The third kappa shape index (κ3) is 3.33. The summed E-state index contributed by atoms with van der Waals surface area (Å²) in [5, 5.41) is 6.31. The monoisotopic (exact) mass is 280 g/mol. The lowest BCUT2D eigenvalue weighted by Crippen LogP contribution is -2.26. The number of aromatic nitrogens is 2. The molecule has 1 aromatic carbocycles. The van der Waals surface area contributed by atoms with Crippen LogP contribution in [0.3, 0.4) is 0 Å². The van der Waals surface area contributed by atoms with E-state index in [1.807, 2.05) is 12.1 Å². The number of aryl methyl sites for hydroxylation is 1. The summed E-state index contributed by atoms with van der Waals surface area (Å²) in [6.07, 6.45) is 1.91. The summed E-state index contributed by atoms with van der Waals surface area (Å²) in [6.45, 7) is 2.00. The van der Waals surface area contributed by atoms with Crippen LogP contribution in [0.4, 0.5) is 5.69 Å². The van der Waals surface area contributed by atoms with Crippen molar-refractivity contribution in [3.8, 4) is 0 Å². The predicted molar refractivity (Wildman–Crippen MR) is 73.1 cm³/mol. The Hall–Kier alpha value is -1.86. The van der Waals surface area contributed by atoms with Gasteiger partial charge in [-0.2, -0.15) is 5.10 Å². The fourth-order valence-corrected chi connectivity index (χ4v) is 2.87. The summed E-state index contributed by atoms with van der Waals surface area (Å²) >= 11 is 0. The largest absolute Gasteiger partial charge is 0.399 e. The summed E-state index contributed by atoms with van der Waals surface area (Å²) in [6, 6.07) is 7.35. The minimum absolute atomic E-state index is 0.185. The van der Waals surface area contributed by atoms with E-state index in [1.54, 1.807) is 19.1 Å². The van der Waals surface area contributed by atoms with Crippen molar-refractivity contribution >= 4 is 15.7 Å². The minimum Gasteiger partial charge on any atom is -0.399 e. The zero-order valence-electron chi connectivity index (χ0n) is 10.6. The zero-order valence-corrected chi connectivity index (χ0v) is 11.4. The minimum atomic E-state index is -3.49. The fraction of sp³-hybridized carbons (Fsp3) is 0.250. The Balaban J connectivity index is 1.96. The van der Waals surface area contributed by atoms with Gasteiger partial charge in [0.1, 0.15) is 4.90 Å². The molecule has 1 aromatic heterocycles. The Morgan fingerprint density at radius 3 is 2.58 bits per heavy atom. The van der Waals surface area contributed by atoms with Crippen LogP contribution >= 0.6 is 0 Å². The van der Waals surface area contributed by atoms with E-state index in [4.69, 9.17) is 5.73 Å². The molecule has 1 heterocycles. The van der Waals surface area contributed by atoms with E-state index < -0.39 is 10.0 Å². The molecule has 102 valence electrons. The number of aromatic amines is 1. The molecule has 0 saturated heterocycles. The first-order chi connectivity index (χ1) is 8.99. The maximum Gasteiger partial charge on any atom is 0.243 e. The second kappa shape index (κ2) is 5.41. The molecule has 6 nitrogen and oxygen atoms in total. The van der Waals surface area contributed by atoms with Crippen LogP contribution < -0.4 is 10.5 Å². The van der Waals surface area contributed by atoms with Crippen LogP contribution in [0.5, 0.6) is 0 Å². The van der Waals surface area contributed by atoms with Crippen molar-refractivity contribution in [1.29, 1.82) is 0 Å². The molecule has 0 unspecified atom stereocenters. The standard InChI is InChI=1S/C12H16N4O2S/c1-9-12(8-14-16-9)19(17,18)15-7-6-10-2-4-11(13)5-3-10/h2-5,8,15H,6-7,13H2,1H3,(H,14,16). The summed E-state index contributed by atoms with van der Waals surface area (Å²) < 4.78 is 26.5. The number of sulfonamides is 1. The lowest BCUT2D eigenvalue weighted by molar-refractivity contribution is 0.581. The van der Waals surface area contributed by atoms with Crippen LogP contribution in [0.25, 0.3) is 0 Å². The molecule has 2 aromatic rings. The molecule has 7 heteroatoms. The smallest absolute Gasteiger partial charge is 0.243 e. The highest BCUT2D eigenvalue weighted by Crippen LogP contribution is 2.11. The first-order valence-corrected chi connectivity index (χ1v) is 7.31. The van der Waals surface area contributed by atoms with Crippen LogP contribution in [-0.4, -0.2) is 25.2 Å². The predicted octanol–water partition coefficient (Wildman–Crippen LogP) is 0.821. The van der Waals surface area contributed by atoms with Crippen LogP contribution in [0.2, 0.25) is 0 Å². The highest BCUT2D eigenvalue weighted by Gasteiger charge is 2.17. The third-order valence-electron chi connectivity index (χ3n) is 2.76. The molecule has 0 aliphatic rings. The van der Waals surface area contributed by atoms with E-state index >= 15 is 0 Å². The Labute approximate surface area is 112 Å².